The summed E-state index contributed by atoms with van der Waals surface area (Å²) < 4.78 is 0. The third kappa shape index (κ3) is 4.65. The predicted molar refractivity (Wildman–Crippen MR) is 87.8 cm³/mol. The number of rotatable bonds is 5. The summed E-state index contributed by atoms with van der Waals surface area (Å²) >= 11 is 1.60. The van der Waals surface area contributed by atoms with Crippen LogP contribution in [0.1, 0.15) is 21.8 Å². The summed E-state index contributed by atoms with van der Waals surface area (Å²) in [5.74, 6) is -0.0228. The van der Waals surface area contributed by atoms with E-state index in [0.717, 1.165) is 34.1 Å². The van der Waals surface area contributed by atoms with E-state index < -0.39 is 0 Å². The van der Waals surface area contributed by atoms with Crippen molar-refractivity contribution < 1.29 is 4.79 Å². The highest BCUT2D eigenvalue weighted by Gasteiger charge is 2.10. The molecule has 0 aliphatic carbocycles. The van der Waals surface area contributed by atoms with Crippen LogP contribution in [0.2, 0.25) is 0 Å². The fourth-order valence-electron chi connectivity index (χ4n) is 2.00. The van der Waals surface area contributed by atoms with Gasteiger partial charge in [0.05, 0.1) is 12.1 Å². The number of nitrogens with one attached hydrogen (secondary N) is 1. The van der Waals surface area contributed by atoms with Crippen LogP contribution in [0.5, 0.6) is 0 Å². The monoisotopic (exact) mass is 303 g/mol. The van der Waals surface area contributed by atoms with E-state index in [4.69, 9.17) is 0 Å². The number of anilines is 1. The molecule has 2 rings (SSSR count). The molecule has 1 aromatic carbocycles. The van der Waals surface area contributed by atoms with E-state index in [9.17, 15) is 4.79 Å². The average Bonchev–Trinajstić information content (AvgIpc) is 2.80. The van der Waals surface area contributed by atoms with Gasteiger partial charge < -0.3 is 10.2 Å². The van der Waals surface area contributed by atoms with Crippen molar-refractivity contribution in [2.24, 2.45) is 0 Å². The molecule has 1 amide bonds. The van der Waals surface area contributed by atoms with Crippen LogP contribution in [-0.4, -0.2) is 29.9 Å². The SMILES string of the molecule is Cc1ccc(C)c(NC(=O)Cc2csc(CN(C)C)n2)c1. The molecular weight excluding hydrogens is 282 g/mol. The number of carbonyl (C=O) groups excluding carboxylic acids is 1. The Morgan fingerprint density at radius 2 is 2.10 bits per heavy atom. The molecule has 0 spiro atoms. The minimum absolute atomic E-state index is 0.0228. The summed E-state index contributed by atoms with van der Waals surface area (Å²) in [7, 11) is 4.02. The van der Waals surface area contributed by atoms with Gasteiger partial charge in [0.25, 0.3) is 0 Å². The van der Waals surface area contributed by atoms with Crippen LogP contribution in [0.4, 0.5) is 5.69 Å². The van der Waals surface area contributed by atoms with Gasteiger partial charge >= 0.3 is 0 Å². The van der Waals surface area contributed by atoms with Crippen molar-refractivity contribution >= 4 is 22.9 Å². The number of aryl methyl sites for hydroxylation is 2. The average molecular weight is 303 g/mol. The molecule has 1 N–H and O–H groups in total. The fourth-order valence-corrected chi connectivity index (χ4v) is 2.91. The van der Waals surface area contributed by atoms with Gasteiger partial charge in [-0.1, -0.05) is 12.1 Å². The summed E-state index contributed by atoms with van der Waals surface area (Å²) in [5, 5.41) is 5.96. The second-order valence-electron chi connectivity index (χ2n) is 5.51. The highest BCUT2D eigenvalue weighted by Crippen LogP contribution is 2.17. The Hall–Kier alpha value is -1.72. The number of benzene rings is 1. The van der Waals surface area contributed by atoms with Crippen LogP contribution >= 0.6 is 11.3 Å². The Balaban J connectivity index is 1.98. The van der Waals surface area contributed by atoms with Gasteiger partial charge in [0, 0.05) is 17.6 Å². The normalized spacial score (nSPS) is 10.9. The van der Waals surface area contributed by atoms with Crippen molar-refractivity contribution in [1.82, 2.24) is 9.88 Å². The molecule has 2 aromatic rings. The number of carbonyl (C=O) groups is 1. The molecule has 0 saturated carbocycles. The number of amides is 1. The Kier molecular flexibility index (Phi) is 5.09. The van der Waals surface area contributed by atoms with Crippen molar-refractivity contribution in [1.29, 1.82) is 0 Å². The van der Waals surface area contributed by atoms with Crippen molar-refractivity contribution in [2.45, 2.75) is 26.8 Å². The Morgan fingerprint density at radius 3 is 2.81 bits per heavy atom. The Morgan fingerprint density at radius 1 is 1.33 bits per heavy atom. The van der Waals surface area contributed by atoms with Gasteiger partial charge in [-0.3, -0.25) is 4.79 Å². The van der Waals surface area contributed by atoms with E-state index in [1.54, 1.807) is 11.3 Å². The third-order valence-electron chi connectivity index (χ3n) is 3.06. The minimum Gasteiger partial charge on any atom is -0.325 e. The lowest BCUT2D eigenvalue weighted by molar-refractivity contribution is -0.115. The molecule has 5 heteroatoms. The molecule has 21 heavy (non-hydrogen) atoms. The first-order chi connectivity index (χ1) is 9.94. The number of nitrogens with zero attached hydrogens (tertiary/aromatic N) is 2. The van der Waals surface area contributed by atoms with Crippen LogP contribution in [0.15, 0.2) is 23.6 Å². The molecule has 0 aliphatic rings. The van der Waals surface area contributed by atoms with E-state index in [1.807, 2.05) is 51.5 Å². The Bertz CT molecular complexity index is 634. The van der Waals surface area contributed by atoms with Crippen molar-refractivity contribution in [3.05, 3.63) is 45.4 Å². The van der Waals surface area contributed by atoms with E-state index >= 15 is 0 Å². The molecule has 0 fully saturated rings. The third-order valence-corrected chi connectivity index (χ3v) is 3.94. The van der Waals surface area contributed by atoms with Gasteiger partial charge in [0.1, 0.15) is 5.01 Å². The first kappa shape index (κ1) is 15.7. The van der Waals surface area contributed by atoms with Crippen molar-refractivity contribution in [2.75, 3.05) is 19.4 Å². The van der Waals surface area contributed by atoms with Crippen LogP contribution in [0.3, 0.4) is 0 Å². The maximum absolute atomic E-state index is 12.1. The van der Waals surface area contributed by atoms with E-state index in [-0.39, 0.29) is 5.91 Å². The predicted octanol–water partition coefficient (Wildman–Crippen LogP) is 3.00. The van der Waals surface area contributed by atoms with Crippen molar-refractivity contribution in [3.8, 4) is 0 Å². The summed E-state index contributed by atoms with van der Waals surface area (Å²) in [6.07, 6.45) is 0.317. The van der Waals surface area contributed by atoms with Gasteiger partial charge in [-0.25, -0.2) is 4.98 Å². The summed E-state index contributed by atoms with van der Waals surface area (Å²) in [5.41, 5.74) is 3.92. The van der Waals surface area contributed by atoms with Crippen LogP contribution in [0.25, 0.3) is 0 Å². The summed E-state index contributed by atoms with van der Waals surface area (Å²) in [6, 6.07) is 6.05. The van der Waals surface area contributed by atoms with Gasteiger partial charge in [-0.2, -0.15) is 0 Å². The number of aromatic nitrogens is 1. The smallest absolute Gasteiger partial charge is 0.230 e. The van der Waals surface area contributed by atoms with Crippen LogP contribution in [-0.2, 0) is 17.8 Å². The first-order valence-electron chi connectivity index (χ1n) is 6.89. The van der Waals surface area contributed by atoms with E-state index in [0.29, 0.717) is 6.42 Å². The number of thiazole rings is 1. The lowest BCUT2D eigenvalue weighted by Gasteiger charge is -2.08. The maximum atomic E-state index is 12.1. The summed E-state index contributed by atoms with van der Waals surface area (Å²) in [4.78, 5) is 18.7. The molecule has 0 unspecified atom stereocenters. The van der Waals surface area contributed by atoms with E-state index in [2.05, 4.69) is 15.2 Å². The van der Waals surface area contributed by atoms with E-state index in [1.165, 1.54) is 0 Å². The zero-order chi connectivity index (χ0) is 15.4. The lowest BCUT2D eigenvalue weighted by Crippen LogP contribution is -2.16. The zero-order valence-corrected chi connectivity index (χ0v) is 13.8. The fraction of sp³-hybridized carbons (Fsp3) is 0.375. The minimum atomic E-state index is -0.0228. The van der Waals surface area contributed by atoms with Crippen molar-refractivity contribution in [3.63, 3.8) is 0 Å². The lowest BCUT2D eigenvalue weighted by atomic mass is 10.1. The first-order valence-corrected chi connectivity index (χ1v) is 7.77. The molecule has 0 aliphatic heterocycles. The second-order valence-corrected chi connectivity index (χ2v) is 6.46. The summed E-state index contributed by atoms with van der Waals surface area (Å²) in [6.45, 7) is 4.82. The standard InChI is InChI=1S/C16H21N3OS/c1-11-5-6-12(2)14(7-11)18-15(20)8-13-10-21-16(17-13)9-19(3)4/h5-7,10H,8-9H2,1-4H3,(H,18,20). The Labute approximate surface area is 129 Å². The molecular formula is C16H21N3OS. The molecule has 112 valence electrons. The zero-order valence-electron chi connectivity index (χ0n) is 12.9. The number of hydrogen-bond donors (Lipinski definition) is 1. The highest BCUT2D eigenvalue weighted by atomic mass is 32.1. The molecule has 0 saturated heterocycles. The maximum Gasteiger partial charge on any atom is 0.230 e. The molecule has 1 heterocycles. The molecule has 0 atom stereocenters. The molecule has 0 radical (unpaired) electrons. The van der Waals surface area contributed by atoms with Gasteiger partial charge in [0.15, 0.2) is 0 Å². The van der Waals surface area contributed by atoms with Crippen LogP contribution in [0, 0.1) is 13.8 Å². The van der Waals surface area contributed by atoms with Gasteiger partial charge in [-0.15, -0.1) is 11.3 Å². The highest BCUT2D eigenvalue weighted by molar-refractivity contribution is 7.09. The van der Waals surface area contributed by atoms with Gasteiger partial charge in [-0.05, 0) is 45.1 Å². The molecule has 4 nitrogen and oxygen atoms in total. The number of hydrogen-bond acceptors (Lipinski definition) is 4. The second kappa shape index (κ2) is 6.83. The largest absolute Gasteiger partial charge is 0.325 e. The molecule has 1 aromatic heterocycles. The topological polar surface area (TPSA) is 45.2 Å². The molecule has 0 bridgehead atoms. The van der Waals surface area contributed by atoms with Crippen LogP contribution < -0.4 is 5.32 Å². The van der Waals surface area contributed by atoms with Gasteiger partial charge in [0.2, 0.25) is 5.91 Å². The quantitative estimate of drug-likeness (QED) is 0.923.